The fourth-order valence-corrected chi connectivity index (χ4v) is 8.45. The molecule has 2 aromatic rings. The molecule has 3 fully saturated rings. The number of ether oxygens (including phenoxy) is 1. The topological polar surface area (TPSA) is 53.0 Å². The number of aliphatic hydroxyl groups excluding tert-OH is 1. The van der Waals surface area contributed by atoms with Crippen molar-refractivity contribution in [2.24, 2.45) is 17.8 Å². The van der Waals surface area contributed by atoms with Gasteiger partial charge in [0.1, 0.15) is 11.9 Å². The molecule has 1 N–H and O–H groups in total. The summed E-state index contributed by atoms with van der Waals surface area (Å²) in [7, 11) is 0. The van der Waals surface area contributed by atoms with Gasteiger partial charge in [-0.05, 0) is 73.8 Å². The molecule has 2 saturated carbocycles. The number of carbonyl (C=O) groups is 1. The molecule has 1 spiro atoms. The largest absolute Gasteiger partial charge is 0.487 e. The molecule has 2 unspecified atom stereocenters. The number of carbonyl (C=O) groups excluding carboxylic acids is 1. The van der Waals surface area contributed by atoms with Gasteiger partial charge in [0, 0.05) is 42.1 Å². The Kier molecular flexibility index (Phi) is 5.93. The molecule has 5 heteroatoms. The van der Waals surface area contributed by atoms with Crippen molar-refractivity contribution >= 4 is 12.0 Å². The van der Waals surface area contributed by atoms with Gasteiger partial charge in [-0.25, -0.2) is 0 Å². The van der Waals surface area contributed by atoms with Crippen LogP contribution in [0.2, 0.25) is 0 Å². The van der Waals surface area contributed by atoms with E-state index in [9.17, 15) is 9.90 Å². The van der Waals surface area contributed by atoms with Gasteiger partial charge in [-0.2, -0.15) is 0 Å². The molecule has 5 aliphatic rings. The number of nitrogens with zero attached hydrogens (tertiary/aromatic N) is 2. The molecular formula is C33H40N2O3. The van der Waals surface area contributed by atoms with E-state index in [0.29, 0.717) is 23.8 Å². The Bertz CT molecular complexity index is 1240. The first kappa shape index (κ1) is 24.4. The van der Waals surface area contributed by atoms with Crippen molar-refractivity contribution in [3.8, 4) is 5.75 Å². The van der Waals surface area contributed by atoms with E-state index in [1.165, 1.54) is 11.1 Å². The summed E-state index contributed by atoms with van der Waals surface area (Å²) in [5, 5.41) is 10.1. The third kappa shape index (κ3) is 3.84. The molecule has 200 valence electrons. The van der Waals surface area contributed by atoms with Crippen molar-refractivity contribution in [2.45, 2.75) is 75.7 Å². The maximum atomic E-state index is 13.8. The van der Waals surface area contributed by atoms with E-state index in [1.54, 1.807) is 6.08 Å². The van der Waals surface area contributed by atoms with E-state index in [-0.39, 0.29) is 29.6 Å². The van der Waals surface area contributed by atoms with Crippen LogP contribution < -0.4 is 4.74 Å². The van der Waals surface area contributed by atoms with Crippen LogP contribution in [0.1, 0.15) is 56.2 Å². The lowest BCUT2D eigenvalue weighted by Gasteiger charge is -2.60. The first-order valence-electron chi connectivity index (χ1n) is 14.7. The highest BCUT2D eigenvalue weighted by molar-refractivity contribution is 5.92. The molecule has 3 aliphatic carbocycles. The second kappa shape index (κ2) is 9.24. The molecule has 7 rings (SSSR count). The molecule has 2 aromatic carbocycles. The average Bonchev–Trinajstić information content (AvgIpc) is 3.50. The van der Waals surface area contributed by atoms with E-state index < -0.39 is 0 Å². The van der Waals surface area contributed by atoms with Gasteiger partial charge in [-0.3, -0.25) is 9.69 Å². The van der Waals surface area contributed by atoms with Gasteiger partial charge in [0.2, 0.25) is 5.91 Å². The second-order valence-corrected chi connectivity index (χ2v) is 12.8. The van der Waals surface area contributed by atoms with Gasteiger partial charge in [-0.1, -0.05) is 56.3 Å². The van der Waals surface area contributed by atoms with Gasteiger partial charge in [0.25, 0.3) is 0 Å². The minimum Gasteiger partial charge on any atom is -0.487 e. The molecule has 0 aromatic heterocycles. The Labute approximate surface area is 226 Å². The zero-order chi connectivity index (χ0) is 26.0. The molecule has 1 saturated heterocycles. The van der Waals surface area contributed by atoms with E-state index in [2.05, 4.69) is 41.8 Å². The molecule has 38 heavy (non-hydrogen) atoms. The maximum Gasteiger partial charge on any atom is 0.246 e. The van der Waals surface area contributed by atoms with Crippen LogP contribution in [0.5, 0.6) is 5.75 Å². The highest BCUT2D eigenvalue weighted by Crippen LogP contribution is 2.63. The third-order valence-corrected chi connectivity index (χ3v) is 10.1. The van der Waals surface area contributed by atoms with Crippen molar-refractivity contribution in [3.05, 3.63) is 71.3 Å². The summed E-state index contributed by atoms with van der Waals surface area (Å²) in [5.41, 5.74) is 3.93. The van der Waals surface area contributed by atoms with Gasteiger partial charge < -0.3 is 14.7 Å². The molecule has 2 aliphatic heterocycles. The average molecular weight is 513 g/mol. The molecule has 5 nitrogen and oxygen atoms in total. The number of hydrogen-bond acceptors (Lipinski definition) is 4. The zero-order valence-electron chi connectivity index (χ0n) is 22.6. The van der Waals surface area contributed by atoms with Crippen LogP contribution in [0.4, 0.5) is 0 Å². The summed E-state index contributed by atoms with van der Waals surface area (Å²) < 4.78 is 6.94. The van der Waals surface area contributed by atoms with Gasteiger partial charge in [-0.15, -0.1) is 0 Å². The molecule has 2 bridgehead atoms. The monoisotopic (exact) mass is 512 g/mol. The zero-order valence-corrected chi connectivity index (χ0v) is 22.6. The van der Waals surface area contributed by atoms with Crippen LogP contribution in [-0.4, -0.2) is 64.7 Å². The number of amides is 1. The number of piperidine rings is 1. The Morgan fingerprint density at radius 1 is 1.18 bits per heavy atom. The lowest BCUT2D eigenvalue weighted by atomic mass is 9.51. The molecule has 1 amide bonds. The summed E-state index contributed by atoms with van der Waals surface area (Å²) in [6.45, 7) is 7.22. The highest BCUT2D eigenvalue weighted by atomic mass is 16.5. The first-order valence-corrected chi connectivity index (χ1v) is 14.7. The summed E-state index contributed by atoms with van der Waals surface area (Å²) in [6.07, 6.45) is 8.82. The van der Waals surface area contributed by atoms with Crippen LogP contribution in [0.15, 0.2) is 54.6 Å². The number of likely N-dealkylation sites (tertiary alicyclic amines) is 1. The Morgan fingerprint density at radius 2 is 2.00 bits per heavy atom. The molecule has 0 radical (unpaired) electrons. The van der Waals surface area contributed by atoms with E-state index in [4.69, 9.17) is 4.74 Å². The highest BCUT2D eigenvalue weighted by Gasteiger charge is 2.66. The quantitative estimate of drug-likeness (QED) is 0.548. The van der Waals surface area contributed by atoms with Crippen LogP contribution in [-0.2, 0) is 16.6 Å². The lowest BCUT2D eigenvalue weighted by molar-refractivity contribution is -0.138. The normalized spacial score (nSPS) is 34.7. The van der Waals surface area contributed by atoms with Crippen LogP contribution >= 0.6 is 0 Å². The fourth-order valence-electron chi connectivity index (χ4n) is 8.45. The van der Waals surface area contributed by atoms with Gasteiger partial charge >= 0.3 is 0 Å². The van der Waals surface area contributed by atoms with Crippen molar-refractivity contribution in [1.82, 2.24) is 9.80 Å². The smallest absolute Gasteiger partial charge is 0.246 e. The summed E-state index contributed by atoms with van der Waals surface area (Å²) in [4.78, 5) is 18.6. The fraction of sp³-hybridized carbons (Fsp3) is 0.545. The summed E-state index contributed by atoms with van der Waals surface area (Å²) in [6, 6.07) is 17.3. The molecular weight excluding hydrogens is 472 g/mol. The van der Waals surface area contributed by atoms with E-state index >= 15 is 0 Å². The van der Waals surface area contributed by atoms with E-state index in [0.717, 1.165) is 63.1 Å². The van der Waals surface area contributed by atoms with Crippen molar-refractivity contribution in [2.75, 3.05) is 19.6 Å². The van der Waals surface area contributed by atoms with Crippen molar-refractivity contribution in [3.63, 3.8) is 0 Å². The predicted molar refractivity (Wildman–Crippen MR) is 149 cm³/mol. The summed E-state index contributed by atoms with van der Waals surface area (Å²) >= 11 is 0. The SMILES string of the molecule is CC(C)CN(C(=O)C=Cc1ccccc1)[C@H]1CC[C@H]2[C@H]3Cc4cccc5c4[C@@]2(CCN3CC2CC2O)[C@H]1O5. The number of benzene rings is 2. The Morgan fingerprint density at radius 3 is 2.76 bits per heavy atom. The predicted octanol–water partition coefficient (Wildman–Crippen LogP) is 4.67. The standard InChI is InChI=1S/C33H40N2O3/c1-21(2)19-35(30(37)14-11-22-7-4-3-5-8-22)26-13-12-25-27-17-23-9-6-10-29-31(23)33(25,32(26)38-29)15-16-34(27)20-24-18-28(24)36/h3-11,14,21,24-28,32,36H,12-13,15-20H2,1-2H3/t24?,25-,26-,27+,28?,32-,33-/m0/s1. The molecule has 7 atom stereocenters. The third-order valence-electron chi connectivity index (χ3n) is 10.1. The van der Waals surface area contributed by atoms with Crippen molar-refractivity contribution in [1.29, 1.82) is 0 Å². The van der Waals surface area contributed by atoms with Crippen LogP contribution in [0.3, 0.4) is 0 Å². The maximum absolute atomic E-state index is 13.8. The van der Waals surface area contributed by atoms with Crippen molar-refractivity contribution < 1.29 is 14.6 Å². The Balaban J connectivity index is 1.23. The number of rotatable bonds is 7. The minimum atomic E-state index is -0.105. The molecule has 2 heterocycles. The summed E-state index contributed by atoms with van der Waals surface area (Å²) in [5.74, 6) is 2.52. The lowest BCUT2D eigenvalue weighted by Crippen LogP contribution is -2.69. The minimum absolute atomic E-state index is 0.00157. The van der Waals surface area contributed by atoms with Crippen LogP contribution in [0, 0.1) is 17.8 Å². The van der Waals surface area contributed by atoms with Gasteiger partial charge in [0.05, 0.1) is 12.1 Å². The first-order chi connectivity index (χ1) is 18.5. The number of hydrogen-bond donors (Lipinski definition) is 1. The van der Waals surface area contributed by atoms with Gasteiger partial charge in [0.15, 0.2) is 0 Å². The second-order valence-electron chi connectivity index (χ2n) is 12.8. The Hall–Kier alpha value is -2.63. The van der Waals surface area contributed by atoms with Crippen LogP contribution in [0.25, 0.3) is 6.08 Å². The van der Waals surface area contributed by atoms with E-state index in [1.807, 2.05) is 36.4 Å². The number of aliphatic hydroxyl groups is 1.